The smallest absolute Gasteiger partial charge is 0.269 e. The van der Waals surface area contributed by atoms with Gasteiger partial charge in [-0.25, -0.2) is 4.98 Å². The number of nitrogens with zero attached hydrogens (tertiary/aromatic N) is 2. The fourth-order valence-electron chi connectivity index (χ4n) is 2.35. The normalized spacial score (nSPS) is 11.0. The van der Waals surface area contributed by atoms with Crippen LogP contribution in [0.3, 0.4) is 0 Å². The molecule has 1 aromatic heterocycles. The fraction of sp³-hybridized carbons (Fsp3) is 0.111. The molecule has 0 aliphatic heterocycles. The molecule has 0 bridgehead atoms. The van der Waals surface area contributed by atoms with Gasteiger partial charge in [0.15, 0.2) is 5.13 Å². The number of rotatable bonds is 5. The van der Waals surface area contributed by atoms with Gasteiger partial charge in [0.2, 0.25) is 5.91 Å². The molecule has 2 aromatic carbocycles. The number of amides is 1. The van der Waals surface area contributed by atoms with Crippen molar-refractivity contribution in [2.24, 2.45) is 0 Å². The lowest BCUT2D eigenvalue weighted by atomic mass is 10.2. The van der Waals surface area contributed by atoms with E-state index < -0.39 is 4.92 Å². The Morgan fingerprint density at radius 1 is 1.27 bits per heavy atom. The summed E-state index contributed by atoms with van der Waals surface area (Å²) in [6.07, 6.45) is 2.94. The van der Waals surface area contributed by atoms with E-state index in [1.54, 1.807) is 25.3 Å². The number of non-ortho nitro benzene ring substituents is 1. The van der Waals surface area contributed by atoms with Crippen LogP contribution in [0, 0.1) is 17.0 Å². The van der Waals surface area contributed by atoms with Crippen molar-refractivity contribution in [2.75, 3.05) is 12.4 Å². The molecular formula is C18H15N3O4S. The van der Waals surface area contributed by atoms with Crippen LogP contribution in [0.4, 0.5) is 10.8 Å². The lowest BCUT2D eigenvalue weighted by molar-refractivity contribution is -0.384. The molecule has 26 heavy (non-hydrogen) atoms. The van der Waals surface area contributed by atoms with Crippen molar-refractivity contribution in [3.8, 4) is 5.75 Å². The van der Waals surface area contributed by atoms with Crippen LogP contribution in [0.15, 0.2) is 42.5 Å². The molecule has 0 unspecified atom stereocenters. The van der Waals surface area contributed by atoms with Crippen molar-refractivity contribution in [3.63, 3.8) is 0 Å². The van der Waals surface area contributed by atoms with Crippen molar-refractivity contribution in [3.05, 3.63) is 63.7 Å². The van der Waals surface area contributed by atoms with E-state index in [0.717, 1.165) is 10.3 Å². The Balaban J connectivity index is 1.74. The van der Waals surface area contributed by atoms with Crippen molar-refractivity contribution in [1.82, 2.24) is 4.98 Å². The van der Waals surface area contributed by atoms with E-state index in [0.29, 0.717) is 22.0 Å². The minimum absolute atomic E-state index is 0.00499. The Labute approximate surface area is 153 Å². The molecule has 0 saturated carbocycles. The minimum atomic E-state index is -0.469. The lowest BCUT2D eigenvalue weighted by Crippen LogP contribution is -2.07. The third-order valence-corrected chi connectivity index (χ3v) is 4.79. The molecule has 0 saturated heterocycles. The van der Waals surface area contributed by atoms with Crippen LogP contribution in [0.1, 0.15) is 11.1 Å². The molecule has 3 aromatic rings. The monoisotopic (exact) mass is 369 g/mol. The summed E-state index contributed by atoms with van der Waals surface area (Å²) in [6, 6.07) is 9.72. The molecule has 0 radical (unpaired) electrons. The number of nitro groups is 1. The second kappa shape index (κ2) is 7.32. The molecule has 7 nitrogen and oxygen atoms in total. The first kappa shape index (κ1) is 17.6. The first-order valence-electron chi connectivity index (χ1n) is 7.65. The second-order valence-corrected chi connectivity index (χ2v) is 6.45. The predicted molar refractivity (Wildman–Crippen MR) is 102 cm³/mol. The van der Waals surface area contributed by atoms with E-state index in [4.69, 9.17) is 4.74 Å². The number of anilines is 1. The predicted octanol–water partition coefficient (Wildman–Crippen LogP) is 4.17. The second-order valence-electron chi connectivity index (χ2n) is 5.45. The van der Waals surface area contributed by atoms with Crippen molar-refractivity contribution >= 4 is 44.4 Å². The van der Waals surface area contributed by atoms with Gasteiger partial charge < -0.3 is 4.74 Å². The summed E-state index contributed by atoms with van der Waals surface area (Å²) >= 11 is 1.38. The standard InChI is InChI=1S/C18H15N3O4S/c1-11-3-9-14(25-2)16-17(11)26-18(20-16)19-15(22)10-6-12-4-7-13(8-5-12)21(23)24/h3-10H,1-2H3,(H,19,20,22)/b10-6-. The number of aryl methyl sites for hydroxylation is 1. The highest BCUT2D eigenvalue weighted by Crippen LogP contribution is 2.34. The molecule has 1 N–H and O–H groups in total. The van der Waals surface area contributed by atoms with Crippen LogP contribution >= 0.6 is 11.3 Å². The zero-order valence-corrected chi connectivity index (χ0v) is 14.9. The van der Waals surface area contributed by atoms with E-state index in [-0.39, 0.29) is 11.6 Å². The van der Waals surface area contributed by atoms with Gasteiger partial charge in [0.25, 0.3) is 5.69 Å². The average Bonchev–Trinajstić information content (AvgIpc) is 3.05. The molecule has 0 fully saturated rings. The Morgan fingerprint density at radius 3 is 2.65 bits per heavy atom. The number of aromatic nitrogens is 1. The number of methoxy groups -OCH3 is 1. The van der Waals surface area contributed by atoms with Crippen LogP contribution in [-0.2, 0) is 4.79 Å². The van der Waals surface area contributed by atoms with Gasteiger partial charge in [0.1, 0.15) is 11.3 Å². The summed E-state index contributed by atoms with van der Waals surface area (Å²) in [6.45, 7) is 1.97. The first-order valence-corrected chi connectivity index (χ1v) is 8.47. The molecule has 1 heterocycles. The van der Waals surface area contributed by atoms with E-state index in [1.165, 1.54) is 29.5 Å². The van der Waals surface area contributed by atoms with Gasteiger partial charge in [-0.15, -0.1) is 0 Å². The zero-order chi connectivity index (χ0) is 18.7. The number of benzene rings is 2. The van der Waals surface area contributed by atoms with Gasteiger partial charge in [-0.1, -0.05) is 17.4 Å². The van der Waals surface area contributed by atoms with E-state index in [2.05, 4.69) is 10.3 Å². The maximum atomic E-state index is 12.1. The number of ether oxygens (including phenoxy) is 1. The molecule has 1 amide bonds. The molecule has 3 rings (SSSR count). The first-order chi connectivity index (χ1) is 12.5. The molecular weight excluding hydrogens is 354 g/mol. The van der Waals surface area contributed by atoms with E-state index in [1.807, 2.05) is 19.1 Å². The maximum Gasteiger partial charge on any atom is 0.269 e. The lowest BCUT2D eigenvalue weighted by Gasteiger charge is -2.01. The average molecular weight is 369 g/mol. The Bertz CT molecular complexity index is 1010. The summed E-state index contributed by atoms with van der Waals surface area (Å²) in [5.74, 6) is 0.322. The van der Waals surface area contributed by atoms with Gasteiger partial charge in [-0.05, 0) is 42.3 Å². The molecule has 0 atom stereocenters. The highest BCUT2D eigenvalue weighted by molar-refractivity contribution is 7.22. The fourth-order valence-corrected chi connectivity index (χ4v) is 3.31. The van der Waals surface area contributed by atoms with Crippen LogP contribution in [0.25, 0.3) is 16.3 Å². The quantitative estimate of drug-likeness (QED) is 0.414. The van der Waals surface area contributed by atoms with Gasteiger partial charge >= 0.3 is 0 Å². The molecule has 0 aliphatic carbocycles. The van der Waals surface area contributed by atoms with Gasteiger partial charge in [-0.3, -0.25) is 20.2 Å². The minimum Gasteiger partial charge on any atom is -0.494 e. The summed E-state index contributed by atoms with van der Waals surface area (Å²) in [5.41, 5.74) is 2.46. The maximum absolute atomic E-state index is 12.1. The van der Waals surface area contributed by atoms with Crippen molar-refractivity contribution in [2.45, 2.75) is 6.92 Å². The number of fused-ring (bicyclic) bond motifs is 1. The summed E-state index contributed by atoms with van der Waals surface area (Å²) in [5, 5.41) is 13.8. The number of nitro benzene ring substituents is 1. The molecule has 0 spiro atoms. The van der Waals surface area contributed by atoms with Crippen LogP contribution in [0.5, 0.6) is 5.75 Å². The Morgan fingerprint density at radius 2 is 2.00 bits per heavy atom. The Kier molecular flexibility index (Phi) is 4.94. The number of thiazole rings is 1. The number of carbonyl (C=O) groups excluding carboxylic acids is 1. The number of carbonyl (C=O) groups is 1. The molecule has 0 aliphatic rings. The largest absolute Gasteiger partial charge is 0.494 e. The molecule has 132 valence electrons. The highest BCUT2D eigenvalue weighted by atomic mass is 32.1. The van der Waals surface area contributed by atoms with Gasteiger partial charge in [-0.2, -0.15) is 0 Å². The number of nitrogens with one attached hydrogen (secondary N) is 1. The van der Waals surface area contributed by atoms with Crippen LogP contribution in [-0.4, -0.2) is 22.9 Å². The van der Waals surface area contributed by atoms with E-state index >= 15 is 0 Å². The third-order valence-electron chi connectivity index (χ3n) is 3.68. The van der Waals surface area contributed by atoms with Gasteiger partial charge in [0, 0.05) is 18.2 Å². The SMILES string of the molecule is COc1ccc(C)c2sc(NC(=O)/C=C\c3ccc([N+](=O)[O-])cc3)nc12. The number of hydrogen-bond acceptors (Lipinski definition) is 6. The van der Waals surface area contributed by atoms with Gasteiger partial charge in [0.05, 0.1) is 16.7 Å². The van der Waals surface area contributed by atoms with E-state index in [9.17, 15) is 14.9 Å². The van der Waals surface area contributed by atoms with Crippen molar-refractivity contribution < 1.29 is 14.5 Å². The summed E-state index contributed by atoms with van der Waals surface area (Å²) < 4.78 is 6.26. The summed E-state index contributed by atoms with van der Waals surface area (Å²) in [7, 11) is 1.58. The highest BCUT2D eigenvalue weighted by Gasteiger charge is 2.12. The Hall–Kier alpha value is -3.26. The zero-order valence-electron chi connectivity index (χ0n) is 14.1. The van der Waals surface area contributed by atoms with Crippen LogP contribution < -0.4 is 10.1 Å². The molecule has 8 heteroatoms. The third kappa shape index (κ3) is 3.70. The van der Waals surface area contributed by atoms with Crippen LogP contribution in [0.2, 0.25) is 0 Å². The van der Waals surface area contributed by atoms with Crippen molar-refractivity contribution in [1.29, 1.82) is 0 Å². The number of hydrogen-bond donors (Lipinski definition) is 1. The summed E-state index contributed by atoms with van der Waals surface area (Å²) in [4.78, 5) is 26.7. The topological polar surface area (TPSA) is 94.4 Å².